The Bertz CT molecular complexity index is 1040. The first-order valence-corrected chi connectivity index (χ1v) is 10.4. The fraction of sp³-hybridized carbons (Fsp3) is 0.364. The number of fused-ring (bicyclic) bond motifs is 1. The van der Waals surface area contributed by atoms with Crippen LogP contribution in [0.2, 0.25) is 0 Å². The van der Waals surface area contributed by atoms with Crippen LogP contribution in [-0.4, -0.2) is 58.5 Å². The highest BCUT2D eigenvalue weighted by Gasteiger charge is 2.48. The summed E-state index contributed by atoms with van der Waals surface area (Å²) in [5, 5.41) is 25.1. The molecule has 0 saturated carbocycles. The van der Waals surface area contributed by atoms with E-state index in [1.54, 1.807) is 12.1 Å². The Kier molecular flexibility index (Phi) is 6.94. The summed E-state index contributed by atoms with van der Waals surface area (Å²) in [6.45, 7) is 0.483. The molecule has 2 atom stereocenters. The van der Waals surface area contributed by atoms with Gasteiger partial charge in [0.05, 0.1) is 0 Å². The van der Waals surface area contributed by atoms with Crippen LogP contribution in [-0.2, 0) is 9.59 Å². The van der Waals surface area contributed by atoms with E-state index in [0.717, 1.165) is 15.7 Å². The average molecular weight is 441 g/mol. The van der Waals surface area contributed by atoms with E-state index in [2.05, 4.69) is 10.6 Å². The van der Waals surface area contributed by atoms with Gasteiger partial charge in [-0.25, -0.2) is 0 Å². The van der Waals surface area contributed by atoms with Crippen molar-refractivity contribution in [1.29, 1.82) is 5.41 Å². The predicted molar refractivity (Wildman–Crippen MR) is 119 cm³/mol. The molecule has 2 aromatic rings. The Labute approximate surface area is 185 Å². The van der Waals surface area contributed by atoms with E-state index in [0.29, 0.717) is 24.9 Å². The van der Waals surface area contributed by atoms with Crippen LogP contribution < -0.4 is 22.1 Å². The number of nitrogens with zero attached hydrogens (tertiary/aromatic N) is 1. The highest BCUT2D eigenvalue weighted by molar-refractivity contribution is 6.01. The predicted octanol–water partition coefficient (Wildman–Crippen LogP) is -0.00223. The Morgan fingerprint density at radius 2 is 1.88 bits per heavy atom. The number of hydrogen-bond donors (Lipinski definition) is 6. The second-order valence-corrected chi connectivity index (χ2v) is 7.84. The summed E-state index contributed by atoms with van der Waals surface area (Å²) in [5.74, 6) is -2.23. The molecule has 1 aliphatic heterocycles. The standard InChI is InChI=1S/C22H28N6O4/c23-20(31)22(32)10-4-12-28(22)19(30)17(7-3-11-26-21(24)25)27-18(29)16-9-8-14-5-1-2-6-15(14)13-16/h1-2,5-6,8-9,13,17,32H,3-4,7,10-12H2,(H2,23,31)(H,27,29)(H4,24,25,26)/t17-,22+/m0/s1. The van der Waals surface area contributed by atoms with Gasteiger partial charge in [0, 0.05) is 25.1 Å². The molecular weight excluding hydrogens is 412 g/mol. The minimum atomic E-state index is -2.07. The van der Waals surface area contributed by atoms with Crippen molar-refractivity contribution >= 4 is 34.5 Å². The molecule has 10 nitrogen and oxygen atoms in total. The number of carbonyl (C=O) groups is 3. The number of aliphatic hydroxyl groups is 1. The molecule has 1 saturated heterocycles. The van der Waals surface area contributed by atoms with E-state index in [9.17, 15) is 19.5 Å². The average Bonchev–Trinajstić information content (AvgIpc) is 3.17. The Morgan fingerprint density at radius 1 is 1.16 bits per heavy atom. The molecule has 1 fully saturated rings. The summed E-state index contributed by atoms with van der Waals surface area (Å²) in [7, 11) is 0. The van der Waals surface area contributed by atoms with Crippen molar-refractivity contribution in [2.75, 3.05) is 13.1 Å². The number of hydrogen-bond acceptors (Lipinski definition) is 5. The van der Waals surface area contributed by atoms with Crippen LogP contribution in [0.5, 0.6) is 0 Å². The van der Waals surface area contributed by atoms with Gasteiger partial charge in [-0.05, 0) is 42.2 Å². The number of benzene rings is 2. The van der Waals surface area contributed by atoms with Crippen LogP contribution in [0.4, 0.5) is 0 Å². The van der Waals surface area contributed by atoms with E-state index < -0.39 is 29.5 Å². The van der Waals surface area contributed by atoms with Gasteiger partial charge in [-0.3, -0.25) is 19.8 Å². The maximum atomic E-state index is 13.2. The number of carbonyl (C=O) groups excluding carboxylic acids is 3. The van der Waals surface area contributed by atoms with Gasteiger partial charge in [-0.15, -0.1) is 0 Å². The fourth-order valence-electron chi connectivity index (χ4n) is 3.90. The highest BCUT2D eigenvalue weighted by Crippen LogP contribution is 2.28. The van der Waals surface area contributed by atoms with Crippen LogP contribution >= 0.6 is 0 Å². The molecule has 2 aromatic carbocycles. The van der Waals surface area contributed by atoms with Crippen molar-refractivity contribution in [1.82, 2.24) is 15.5 Å². The zero-order valence-corrected chi connectivity index (χ0v) is 17.6. The zero-order chi connectivity index (χ0) is 23.3. The fourth-order valence-corrected chi connectivity index (χ4v) is 3.90. The third-order valence-electron chi connectivity index (χ3n) is 5.61. The largest absolute Gasteiger partial charge is 0.370 e. The summed E-state index contributed by atoms with van der Waals surface area (Å²) in [5.41, 5.74) is 8.94. The molecule has 0 unspecified atom stereocenters. The SMILES string of the molecule is N=C(N)NCCC[C@H](NC(=O)c1ccc2ccccc2c1)C(=O)N1CCC[C@@]1(O)C(N)=O. The number of guanidine groups is 1. The topological polar surface area (TPSA) is 175 Å². The van der Waals surface area contributed by atoms with Gasteiger partial charge in [0.15, 0.2) is 5.96 Å². The summed E-state index contributed by atoms with van der Waals surface area (Å²) < 4.78 is 0. The lowest BCUT2D eigenvalue weighted by atomic mass is 10.0. The van der Waals surface area contributed by atoms with Crippen LogP contribution in [0.1, 0.15) is 36.0 Å². The summed E-state index contributed by atoms with van der Waals surface area (Å²) in [6, 6.07) is 11.8. The Morgan fingerprint density at radius 3 is 2.56 bits per heavy atom. The van der Waals surface area contributed by atoms with Crippen molar-refractivity contribution < 1.29 is 19.5 Å². The molecule has 0 aromatic heterocycles. The lowest BCUT2D eigenvalue weighted by Gasteiger charge is -2.33. The Balaban J connectivity index is 1.79. The van der Waals surface area contributed by atoms with E-state index in [4.69, 9.17) is 16.9 Å². The second kappa shape index (κ2) is 9.65. The molecule has 32 heavy (non-hydrogen) atoms. The first-order chi connectivity index (χ1) is 15.2. The van der Waals surface area contributed by atoms with Crippen molar-refractivity contribution in [2.24, 2.45) is 11.5 Å². The van der Waals surface area contributed by atoms with Crippen molar-refractivity contribution in [3.05, 3.63) is 48.0 Å². The summed E-state index contributed by atoms with van der Waals surface area (Å²) in [4.78, 5) is 39.0. The molecule has 170 valence electrons. The Hall–Kier alpha value is -3.66. The highest BCUT2D eigenvalue weighted by atomic mass is 16.3. The minimum Gasteiger partial charge on any atom is -0.370 e. The molecule has 0 aliphatic carbocycles. The van der Waals surface area contributed by atoms with Gasteiger partial charge in [-0.1, -0.05) is 30.3 Å². The van der Waals surface area contributed by atoms with Gasteiger partial charge in [0.2, 0.25) is 11.6 Å². The van der Waals surface area contributed by atoms with Crippen molar-refractivity contribution in [3.63, 3.8) is 0 Å². The van der Waals surface area contributed by atoms with Gasteiger partial charge in [0.25, 0.3) is 11.8 Å². The number of rotatable bonds is 8. The van der Waals surface area contributed by atoms with Gasteiger partial charge < -0.3 is 32.1 Å². The molecule has 10 heteroatoms. The zero-order valence-electron chi connectivity index (χ0n) is 17.6. The van der Waals surface area contributed by atoms with Crippen LogP contribution in [0.25, 0.3) is 10.8 Å². The molecule has 8 N–H and O–H groups in total. The number of primary amides is 1. The van der Waals surface area contributed by atoms with Gasteiger partial charge in [0.1, 0.15) is 6.04 Å². The molecule has 0 bridgehead atoms. The van der Waals surface area contributed by atoms with E-state index >= 15 is 0 Å². The molecule has 0 spiro atoms. The maximum Gasteiger partial charge on any atom is 0.270 e. The molecular formula is C22H28N6O4. The van der Waals surface area contributed by atoms with Crippen molar-refractivity contribution in [3.8, 4) is 0 Å². The normalized spacial score (nSPS) is 18.8. The molecule has 1 heterocycles. The van der Waals surface area contributed by atoms with Gasteiger partial charge in [-0.2, -0.15) is 0 Å². The number of amides is 3. The van der Waals surface area contributed by atoms with Crippen LogP contribution in [0.3, 0.4) is 0 Å². The first kappa shape index (κ1) is 23.0. The molecule has 1 aliphatic rings. The van der Waals surface area contributed by atoms with E-state index in [1.807, 2.05) is 30.3 Å². The number of nitrogens with one attached hydrogen (secondary N) is 3. The van der Waals surface area contributed by atoms with Crippen molar-refractivity contribution in [2.45, 2.75) is 37.5 Å². The lowest BCUT2D eigenvalue weighted by Crippen LogP contribution is -2.60. The van der Waals surface area contributed by atoms with Crippen LogP contribution in [0, 0.1) is 5.41 Å². The van der Waals surface area contributed by atoms with E-state index in [-0.39, 0.29) is 25.3 Å². The first-order valence-electron chi connectivity index (χ1n) is 10.4. The number of likely N-dealkylation sites (tertiary alicyclic amines) is 1. The smallest absolute Gasteiger partial charge is 0.270 e. The molecule has 3 amide bonds. The van der Waals surface area contributed by atoms with E-state index in [1.165, 1.54) is 0 Å². The lowest BCUT2D eigenvalue weighted by molar-refractivity contribution is -0.167. The number of nitrogens with two attached hydrogens (primary N) is 2. The second-order valence-electron chi connectivity index (χ2n) is 7.84. The third kappa shape index (κ3) is 4.97. The monoisotopic (exact) mass is 440 g/mol. The minimum absolute atomic E-state index is 0.0469. The van der Waals surface area contributed by atoms with Gasteiger partial charge >= 0.3 is 0 Å². The molecule has 0 radical (unpaired) electrons. The maximum absolute atomic E-state index is 13.2. The van der Waals surface area contributed by atoms with Crippen LogP contribution in [0.15, 0.2) is 42.5 Å². The summed E-state index contributed by atoms with van der Waals surface area (Å²) >= 11 is 0. The molecule has 3 rings (SSSR count). The summed E-state index contributed by atoms with van der Waals surface area (Å²) in [6.07, 6.45) is 1.09. The third-order valence-corrected chi connectivity index (χ3v) is 5.61. The quantitative estimate of drug-likeness (QED) is 0.191.